The molecule has 2 aromatic heterocycles. The average Bonchev–Trinajstić information content (AvgIpc) is 3.27. The highest BCUT2D eigenvalue weighted by Crippen LogP contribution is 2.23. The summed E-state index contributed by atoms with van der Waals surface area (Å²) in [6.07, 6.45) is 3.15. The molecule has 9 nitrogen and oxygen atoms in total. The molecule has 3 aromatic rings. The summed E-state index contributed by atoms with van der Waals surface area (Å²) >= 11 is 6.03. The number of ether oxygens (including phenoxy) is 1. The largest absolute Gasteiger partial charge is 0.470 e. The minimum atomic E-state index is -0.468. The maximum absolute atomic E-state index is 12.4. The van der Waals surface area contributed by atoms with Gasteiger partial charge in [0.05, 0.1) is 10.7 Å². The standard InChI is InChI=1S/C17H17ClN6O3/c1-19-17(26)15-13(9-23(2)22-15)20-16(25)12-7-8-24(21-12)10-27-14-6-4-3-5-11(14)18/h3-9H,10H2,1-2H3,(H,19,26)(H,20,25). The molecule has 2 amide bonds. The average molecular weight is 389 g/mol. The highest BCUT2D eigenvalue weighted by molar-refractivity contribution is 6.32. The van der Waals surface area contributed by atoms with E-state index in [1.165, 1.54) is 16.4 Å². The van der Waals surface area contributed by atoms with Crippen molar-refractivity contribution in [2.45, 2.75) is 6.73 Å². The monoisotopic (exact) mass is 388 g/mol. The predicted octanol–water partition coefficient (Wildman–Crippen LogP) is 1.92. The van der Waals surface area contributed by atoms with Crippen molar-refractivity contribution < 1.29 is 14.3 Å². The van der Waals surface area contributed by atoms with Gasteiger partial charge >= 0.3 is 0 Å². The van der Waals surface area contributed by atoms with Gasteiger partial charge in [0.2, 0.25) is 0 Å². The van der Waals surface area contributed by atoms with Crippen molar-refractivity contribution in [3.05, 3.63) is 59.1 Å². The van der Waals surface area contributed by atoms with E-state index >= 15 is 0 Å². The van der Waals surface area contributed by atoms with Crippen LogP contribution in [0.25, 0.3) is 0 Å². The van der Waals surface area contributed by atoms with Gasteiger partial charge in [-0.3, -0.25) is 14.3 Å². The van der Waals surface area contributed by atoms with Crippen LogP contribution in [0.3, 0.4) is 0 Å². The van der Waals surface area contributed by atoms with Crippen LogP contribution in [0.15, 0.2) is 42.7 Å². The first-order valence-corrected chi connectivity index (χ1v) is 8.33. The van der Waals surface area contributed by atoms with Crippen LogP contribution in [0.4, 0.5) is 5.69 Å². The van der Waals surface area contributed by atoms with Gasteiger partial charge in [-0.15, -0.1) is 0 Å². The van der Waals surface area contributed by atoms with Gasteiger partial charge in [0, 0.05) is 26.5 Å². The smallest absolute Gasteiger partial charge is 0.276 e. The fourth-order valence-electron chi connectivity index (χ4n) is 2.30. The minimum absolute atomic E-state index is 0.0907. The quantitative estimate of drug-likeness (QED) is 0.671. The molecule has 1 aromatic carbocycles. The highest BCUT2D eigenvalue weighted by Gasteiger charge is 2.18. The number of benzene rings is 1. The molecule has 0 unspecified atom stereocenters. The Morgan fingerprint density at radius 1 is 1.19 bits per heavy atom. The van der Waals surface area contributed by atoms with Crippen LogP contribution in [0.1, 0.15) is 21.0 Å². The zero-order chi connectivity index (χ0) is 19.4. The molecule has 0 aliphatic rings. The van der Waals surface area contributed by atoms with Crippen LogP contribution in [0.2, 0.25) is 5.02 Å². The summed E-state index contributed by atoms with van der Waals surface area (Å²) in [5.74, 6) is -0.347. The predicted molar refractivity (Wildman–Crippen MR) is 98.9 cm³/mol. The Morgan fingerprint density at radius 3 is 2.70 bits per heavy atom. The Hall–Kier alpha value is -3.33. The van der Waals surface area contributed by atoms with Gasteiger partial charge in [-0.05, 0) is 18.2 Å². The summed E-state index contributed by atoms with van der Waals surface area (Å²) < 4.78 is 8.47. The lowest BCUT2D eigenvalue weighted by Gasteiger charge is -2.07. The zero-order valence-corrected chi connectivity index (χ0v) is 15.4. The first kappa shape index (κ1) is 18.5. The van der Waals surface area contributed by atoms with Crippen molar-refractivity contribution >= 4 is 29.1 Å². The van der Waals surface area contributed by atoms with Crippen molar-refractivity contribution in [2.24, 2.45) is 7.05 Å². The van der Waals surface area contributed by atoms with Crippen molar-refractivity contribution in [3.63, 3.8) is 0 Å². The van der Waals surface area contributed by atoms with E-state index in [0.29, 0.717) is 16.5 Å². The lowest BCUT2D eigenvalue weighted by Crippen LogP contribution is -2.21. The molecule has 140 valence electrons. The Kier molecular flexibility index (Phi) is 5.41. The first-order chi connectivity index (χ1) is 13.0. The van der Waals surface area contributed by atoms with Crippen LogP contribution in [-0.4, -0.2) is 38.4 Å². The normalized spacial score (nSPS) is 10.5. The van der Waals surface area contributed by atoms with Gasteiger partial charge in [0.1, 0.15) is 5.75 Å². The van der Waals surface area contributed by atoms with E-state index in [1.54, 1.807) is 49.8 Å². The molecule has 3 rings (SSSR count). The minimum Gasteiger partial charge on any atom is -0.470 e. The van der Waals surface area contributed by atoms with Gasteiger partial charge in [-0.1, -0.05) is 23.7 Å². The molecule has 0 bridgehead atoms. The SMILES string of the molecule is CNC(=O)c1nn(C)cc1NC(=O)c1ccn(COc2ccccc2Cl)n1. The molecule has 0 aliphatic heterocycles. The number of carbonyl (C=O) groups is 2. The fourth-order valence-corrected chi connectivity index (χ4v) is 2.49. The number of hydrogen-bond acceptors (Lipinski definition) is 5. The number of anilines is 1. The summed E-state index contributed by atoms with van der Waals surface area (Å²) in [5, 5.41) is 13.8. The summed E-state index contributed by atoms with van der Waals surface area (Å²) in [4.78, 5) is 24.2. The van der Waals surface area contributed by atoms with E-state index in [4.69, 9.17) is 16.3 Å². The molecule has 0 radical (unpaired) electrons. The molecular formula is C17H17ClN6O3. The zero-order valence-electron chi connectivity index (χ0n) is 14.6. The Balaban J connectivity index is 1.67. The molecule has 0 saturated heterocycles. The molecule has 0 aliphatic carbocycles. The lowest BCUT2D eigenvalue weighted by molar-refractivity contribution is 0.0958. The van der Waals surface area contributed by atoms with Crippen molar-refractivity contribution in [2.75, 3.05) is 12.4 Å². The summed E-state index contributed by atoms with van der Waals surface area (Å²) in [6.45, 7) is 0.0907. The number of carbonyl (C=O) groups excluding carboxylic acids is 2. The van der Waals surface area contributed by atoms with Gasteiger partial charge < -0.3 is 15.4 Å². The summed E-state index contributed by atoms with van der Waals surface area (Å²) in [7, 11) is 3.14. The van der Waals surface area contributed by atoms with Gasteiger partial charge in [-0.25, -0.2) is 4.68 Å². The molecule has 0 atom stereocenters. The summed E-state index contributed by atoms with van der Waals surface area (Å²) in [6, 6.07) is 8.61. The molecule has 10 heteroatoms. The number of aryl methyl sites for hydroxylation is 1. The fraction of sp³-hybridized carbons (Fsp3) is 0.176. The van der Waals surface area contributed by atoms with Crippen molar-refractivity contribution in [1.82, 2.24) is 24.9 Å². The highest BCUT2D eigenvalue weighted by atomic mass is 35.5. The van der Waals surface area contributed by atoms with Crippen LogP contribution >= 0.6 is 11.6 Å². The molecule has 2 heterocycles. The van der Waals surface area contributed by atoms with E-state index in [9.17, 15) is 9.59 Å². The molecule has 0 fully saturated rings. The maximum Gasteiger partial charge on any atom is 0.276 e. The molecule has 27 heavy (non-hydrogen) atoms. The first-order valence-electron chi connectivity index (χ1n) is 7.96. The number of para-hydroxylation sites is 1. The number of halogens is 1. The topological polar surface area (TPSA) is 103 Å². The number of rotatable bonds is 6. The van der Waals surface area contributed by atoms with E-state index in [2.05, 4.69) is 20.8 Å². The van der Waals surface area contributed by atoms with Gasteiger partial charge in [0.25, 0.3) is 11.8 Å². The van der Waals surface area contributed by atoms with E-state index in [-0.39, 0.29) is 18.1 Å². The summed E-state index contributed by atoms with van der Waals surface area (Å²) in [5.41, 5.74) is 0.586. The second-order valence-corrected chi connectivity index (χ2v) is 5.95. The number of aromatic nitrogens is 4. The van der Waals surface area contributed by atoms with E-state index in [1.807, 2.05) is 0 Å². The molecule has 0 saturated carbocycles. The second kappa shape index (κ2) is 7.92. The lowest BCUT2D eigenvalue weighted by atomic mass is 10.3. The van der Waals surface area contributed by atoms with Crippen LogP contribution in [-0.2, 0) is 13.8 Å². The van der Waals surface area contributed by atoms with Crippen LogP contribution in [0, 0.1) is 0 Å². The third-order valence-corrected chi connectivity index (χ3v) is 3.89. The Bertz CT molecular complexity index is 981. The Morgan fingerprint density at radius 2 is 1.96 bits per heavy atom. The third kappa shape index (κ3) is 4.26. The van der Waals surface area contributed by atoms with Gasteiger partial charge in [-0.2, -0.15) is 10.2 Å². The molecule has 2 N–H and O–H groups in total. The number of nitrogens with zero attached hydrogens (tertiary/aromatic N) is 4. The second-order valence-electron chi connectivity index (χ2n) is 5.54. The van der Waals surface area contributed by atoms with Crippen LogP contribution in [0.5, 0.6) is 5.75 Å². The number of nitrogens with one attached hydrogen (secondary N) is 2. The molecular weight excluding hydrogens is 372 g/mol. The van der Waals surface area contributed by atoms with E-state index in [0.717, 1.165) is 0 Å². The van der Waals surface area contributed by atoms with Crippen molar-refractivity contribution in [3.8, 4) is 5.75 Å². The third-order valence-electron chi connectivity index (χ3n) is 3.58. The van der Waals surface area contributed by atoms with Gasteiger partial charge in [0.15, 0.2) is 18.1 Å². The number of amides is 2. The molecule has 0 spiro atoms. The van der Waals surface area contributed by atoms with Crippen LogP contribution < -0.4 is 15.4 Å². The Labute approximate surface area is 159 Å². The maximum atomic E-state index is 12.4. The number of hydrogen-bond donors (Lipinski definition) is 2. The van der Waals surface area contributed by atoms with E-state index < -0.39 is 11.8 Å². The van der Waals surface area contributed by atoms with Crippen molar-refractivity contribution in [1.29, 1.82) is 0 Å².